The second-order valence-corrected chi connectivity index (χ2v) is 7.50. The van der Waals surface area contributed by atoms with Gasteiger partial charge in [-0.15, -0.1) is 11.8 Å². The second-order valence-electron chi connectivity index (χ2n) is 6.62. The summed E-state index contributed by atoms with van der Waals surface area (Å²) in [4.78, 5) is 18.2. The lowest BCUT2D eigenvalue weighted by atomic mass is 10.1. The molecule has 23 heavy (non-hydrogen) atoms. The summed E-state index contributed by atoms with van der Waals surface area (Å²) in [7, 11) is 0. The van der Waals surface area contributed by atoms with E-state index in [0.29, 0.717) is 5.92 Å². The maximum absolute atomic E-state index is 12.4. The minimum atomic E-state index is 0.0457. The molecule has 0 bridgehead atoms. The summed E-state index contributed by atoms with van der Waals surface area (Å²) in [5.41, 5.74) is 0.890. The lowest BCUT2D eigenvalue weighted by Gasteiger charge is -2.29. The first-order valence-electron chi connectivity index (χ1n) is 8.67. The van der Waals surface area contributed by atoms with E-state index in [4.69, 9.17) is 0 Å². The predicted molar refractivity (Wildman–Crippen MR) is 97.2 cm³/mol. The smallest absolute Gasteiger partial charge is 0.321 e. The number of nitrogens with zero attached hydrogens (tertiary/aromatic N) is 2. The monoisotopic (exact) mass is 333 g/mol. The SMILES string of the molecule is CSc1cccc(NC(=O)N2CC[C@H](CN3CCCCC3)C2)c1. The van der Waals surface area contributed by atoms with Crippen LogP contribution < -0.4 is 5.32 Å². The molecule has 5 heteroatoms. The summed E-state index contributed by atoms with van der Waals surface area (Å²) in [6, 6.07) is 8.09. The van der Waals surface area contributed by atoms with E-state index in [1.807, 2.05) is 29.4 Å². The summed E-state index contributed by atoms with van der Waals surface area (Å²) in [5.74, 6) is 0.636. The Morgan fingerprint density at radius 1 is 1.26 bits per heavy atom. The topological polar surface area (TPSA) is 35.6 Å². The number of hydrogen-bond acceptors (Lipinski definition) is 3. The lowest BCUT2D eigenvalue weighted by Crippen LogP contribution is -2.37. The van der Waals surface area contributed by atoms with E-state index >= 15 is 0 Å². The number of urea groups is 1. The van der Waals surface area contributed by atoms with Crippen molar-refractivity contribution in [2.45, 2.75) is 30.6 Å². The first kappa shape index (κ1) is 16.7. The maximum Gasteiger partial charge on any atom is 0.321 e. The molecular weight excluding hydrogens is 306 g/mol. The number of hydrogen-bond donors (Lipinski definition) is 1. The summed E-state index contributed by atoms with van der Waals surface area (Å²) in [5, 5.41) is 3.04. The van der Waals surface area contributed by atoms with Crippen molar-refractivity contribution in [1.29, 1.82) is 0 Å². The van der Waals surface area contributed by atoms with Gasteiger partial charge in [-0.05, 0) is 62.7 Å². The Morgan fingerprint density at radius 2 is 2.09 bits per heavy atom. The molecule has 0 aliphatic carbocycles. The van der Waals surface area contributed by atoms with Gasteiger partial charge in [0, 0.05) is 30.2 Å². The van der Waals surface area contributed by atoms with Gasteiger partial charge in [0.2, 0.25) is 0 Å². The first-order valence-corrected chi connectivity index (χ1v) is 9.89. The number of nitrogens with one attached hydrogen (secondary N) is 1. The number of carbonyl (C=O) groups is 1. The molecule has 2 heterocycles. The number of benzene rings is 1. The number of thioether (sulfide) groups is 1. The van der Waals surface area contributed by atoms with E-state index in [-0.39, 0.29) is 6.03 Å². The molecular formula is C18H27N3OS. The Kier molecular flexibility index (Phi) is 5.84. The summed E-state index contributed by atoms with van der Waals surface area (Å²) in [6.07, 6.45) is 7.23. The third kappa shape index (κ3) is 4.64. The zero-order chi connectivity index (χ0) is 16.1. The molecule has 1 atom stereocenters. The van der Waals surface area contributed by atoms with Gasteiger partial charge in [-0.25, -0.2) is 4.79 Å². The van der Waals surface area contributed by atoms with Crippen molar-refractivity contribution < 1.29 is 4.79 Å². The minimum Gasteiger partial charge on any atom is -0.324 e. The number of anilines is 1. The van der Waals surface area contributed by atoms with Crippen molar-refractivity contribution in [3.05, 3.63) is 24.3 Å². The number of likely N-dealkylation sites (tertiary alicyclic amines) is 2. The second kappa shape index (κ2) is 8.06. The molecule has 0 unspecified atom stereocenters. The van der Waals surface area contributed by atoms with Gasteiger partial charge < -0.3 is 15.1 Å². The van der Waals surface area contributed by atoms with Crippen LogP contribution in [0.4, 0.5) is 10.5 Å². The molecule has 2 amide bonds. The molecule has 0 aromatic heterocycles. The molecule has 2 aliphatic rings. The van der Waals surface area contributed by atoms with Crippen LogP contribution in [0.2, 0.25) is 0 Å². The third-order valence-electron chi connectivity index (χ3n) is 4.86. The molecule has 2 aliphatic heterocycles. The minimum absolute atomic E-state index is 0.0457. The third-order valence-corrected chi connectivity index (χ3v) is 5.58. The first-order chi connectivity index (χ1) is 11.2. The largest absolute Gasteiger partial charge is 0.324 e. The van der Waals surface area contributed by atoms with Gasteiger partial charge in [-0.2, -0.15) is 0 Å². The van der Waals surface area contributed by atoms with Crippen molar-refractivity contribution in [2.75, 3.05) is 44.3 Å². The highest BCUT2D eigenvalue weighted by Crippen LogP contribution is 2.22. The van der Waals surface area contributed by atoms with Gasteiger partial charge in [0.15, 0.2) is 0 Å². The van der Waals surface area contributed by atoms with Crippen LogP contribution in [-0.4, -0.2) is 54.8 Å². The molecule has 0 saturated carbocycles. The zero-order valence-corrected chi connectivity index (χ0v) is 14.8. The van der Waals surface area contributed by atoms with Crippen LogP contribution in [0, 0.1) is 5.92 Å². The zero-order valence-electron chi connectivity index (χ0n) is 14.0. The molecule has 3 rings (SSSR count). The molecule has 0 spiro atoms. The Morgan fingerprint density at radius 3 is 2.87 bits per heavy atom. The number of rotatable bonds is 4. The van der Waals surface area contributed by atoms with E-state index in [9.17, 15) is 4.79 Å². The Hall–Kier alpha value is -1.20. The van der Waals surface area contributed by atoms with E-state index < -0.39 is 0 Å². The summed E-state index contributed by atoms with van der Waals surface area (Å²) >= 11 is 1.69. The molecule has 1 N–H and O–H groups in total. The lowest BCUT2D eigenvalue weighted by molar-refractivity contribution is 0.192. The highest BCUT2D eigenvalue weighted by molar-refractivity contribution is 7.98. The summed E-state index contributed by atoms with van der Waals surface area (Å²) < 4.78 is 0. The predicted octanol–water partition coefficient (Wildman–Crippen LogP) is 3.75. The Bertz CT molecular complexity index is 531. The molecule has 2 fully saturated rings. The molecule has 1 aromatic rings. The van der Waals surface area contributed by atoms with Gasteiger partial charge in [0.05, 0.1) is 0 Å². The standard InChI is InChI=1S/C18H27N3OS/c1-23-17-7-5-6-16(12-17)19-18(22)21-11-8-15(14-21)13-20-9-3-2-4-10-20/h5-7,12,15H,2-4,8-11,13-14H2,1H3,(H,19,22)/t15-/m1/s1. The Balaban J connectivity index is 1.48. The molecule has 1 aromatic carbocycles. The fourth-order valence-corrected chi connectivity index (χ4v) is 4.04. The van der Waals surface area contributed by atoms with E-state index in [2.05, 4.69) is 16.3 Å². The van der Waals surface area contributed by atoms with Crippen molar-refractivity contribution in [2.24, 2.45) is 5.92 Å². The molecule has 2 saturated heterocycles. The van der Waals surface area contributed by atoms with Crippen molar-refractivity contribution >= 4 is 23.5 Å². The van der Waals surface area contributed by atoms with Gasteiger partial charge in [0.25, 0.3) is 0 Å². The quantitative estimate of drug-likeness (QED) is 0.853. The molecule has 0 radical (unpaired) electrons. The van der Waals surface area contributed by atoms with Crippen molar-refractivity contribution in [1.82, 2.24) is 9.80 Å². The van der Waals surface area contributed by atoms with Crippen LogP contribution >= 0.6 is 11.8 Å². The number of amides is 2. The van der Waals surface area contributed by atoms with Crippen molar-refractivity contribution in [3.63, 3.8) is 0 Å². The highest BCUT2D eigenvalue weighted by atomic mass is 32.2. The Labute approximate surface area is 143 Å². The van der Waals surface area contributed by atoms with E-state index in [1.165, 1.54) is 37.2 Å². The fourth-order valence-electron chi connectivity index (χ4n) is 3.58. The van der Waals surface area contributed by atoms with Crippen LogP contribution in [0.5, 0.6) is 0 Å². The maximum atomic E-state index is 12.4. The van der Waals surface area contributed by atoms with Crippen molar-refractivity contribution in [3.8, 4) is 0 Å². The fraction of sp³-hybridized carbons (Fsp3) is 0.611. The average Bonchev–Trinajstić information content (AvgIpc) is 3.04. The number of piperidine rings is 1. The summed E-state index contributed by atoms with van der Waals surface area (Å²) in [6.45, 7) is 5.41. The van der Waals surface area contributed by atoms with Crippen LogP contribution in [-0.2, 0) is 0 Å². The van der Waals surface area contributed by atoms with Gasteiger partial charge in [-0.3, -0.25) is 0 Å². The van der Waals surface area contributed by atoms with Gasteiger partial charge >= 0.3 is 6.03 Å². The van der Waals surface area contributed by atoms with Gasteiger partial charge in [-0.1, -0.05) is 12.5 Å². The van der Waals surface area contributed by atoms with Gasteiger partial charge in [0.1, 0.15) is 0 Å². The molecule has 4 nitrogen and oxygen atoms in total. The molecule has 126 valence electrons. The van der Waals surface area contributed by atoms with E-state index in [0.717, 1.165) is 31.7 Å². The van der Waals surface area contributed by atoms with Crippen LogP contribution in [0.3, 0.4) is 0 Å². The highest BCUT2D eigenvalue weighted by Gasteiger charge is 2.28. The van der Waals surface area contributed by atoms with E-state index in [1.54, 1.807) is 11.8 Å². The van der Waals surface area contributed by atoms with Crippen LogP contribution in [0.15, 0.2) is 29.2 Å². The van der Waals surface area contributed by atoms with Crippen LogP contribution in [0.25, 0.3) is 0 Å². The average molecular weight is 334 g/mol. The van der Waals surface area contributed by atoms with Crippen LogP contribution in [0.1, 0.15) is 25.7 Å². The normalized spacial score (nSPS) is 22.3. The number of carbonyl (C=O) groups excluding carboxylic acids is 1.